The van der Waals surface area contributed by atoms with Crippen LogP contribution in [0, 0.1) is 0 Å². The summed E-state index contributed by atoms with van der Waals surface area (Å²) in [5.41, 5.74) is 2.07. The maximum absolute atomic E-state index is 12.7. The molecule has 0 aliphatic rings. The highest BCUT2D eigenvalue weighted by molar-refractivity contribution is 6.07. The molecule has 1 aromatic heterocycles. The number of H-pyrrole nitrogens is 1. The van der Waals surface area contributed by atoms with Gasteiger partial charge in [-0.3, -0.25) is 14.4 Å². The van der Waals surface area contributed by atoms with Gasteiger partial charge in [0.2, 0.25) is 0 Å². The fourth-order valence-corrected chi connectivity index (χ4v) is 3.29. The molecular formula is C23H18N2O3. The monoisotopic (exact) mass is 370 g/mol. The van der Waals surface area contributed by atoms with E-state index in [0.717, 1.165) is 0 Å². The van der Waals surface area contributed by atoms with Crippen molar-refractivity contribution in [2.75, 3.05) is 6.54 Å². The maximum atomic E-state index is 12.7. The Morgan fingerprint density at radius 2 is 1.54 bits per heavy atom. The average Bonchev–Trinajstić information content (AvgIpc) is 2.74. The molecule has 0 unspecified atom stereocenters. The summed E-state index contributed by atoms with van der Waals surface area (Å²) in [7, 11) is 0. The highest BCUT2D eigenvalue weighted by Gasteiger charge is 2.14. The van der Waals surface area contributed by atoms with Crippen LogP contribution in [-0.2, 0) is 0 Å². The van der Waals surface area contributed by atoms with Gasteiger partial charge in [0.25, 0.3) is 5.91 Å². The lowest BCUT2D eigenvalue weighted by Gasteiger charge is -2.09. The number of para-hydroxylation sites is 2. The minimum absolute atomic E-state index is 0.0294. The Kier molecular flexibility index (Phi) is 4.72. The van der Waals surface area contributed by atoms with Crippen LogP contribution in [0.5, 0.6) is 0 Å². The number of aromatic amines is 1. The summed E-state index contributed by atoms with van der Waals surface area (Å²) in [6.07, 6.45) is 0.208. The normalized spacial score (nSPS) is 10.9. The van der Waals surface area contributed by atoms with Crippen LogP contribution in [0.1, 0.15) is 27.1 Å². The number of hydrogen-bond acceptors (Lipinski definition) is 3. The van der Waals surface area contributed by atoms with Crippen LogP contribution in [0.15, 0.2) is 77.6 Å². The Balaban J connectivity index is 1.58. The fraction of sp³-hybridized carbons (Fsp3) is 0.0870. The molecule has 1 amide bonds. The lowest BCUT2D eigenvalue weighted by atomic mass is 10.1. The first-order chi connectivity index (χ1) is 13.6. The van der Waals surface area contributed by atoms with Crippen LogP contribution in [0.3, 0.4) is 0 Å². The molecule has 0 atom stereocenters. The Bertz CT molecular complexity index is 1240. The molecule has 5 heteroatoms. The van der Waals surface area contributed by atoms with E-state index >= 15 is 0 Å². The predicted molar refractivity (Wildman–Crippen MR) is 110 cm³/mol. The molecule has 5 nitrogen and oxygen atoms in total. The number of aromatic nitrogens is 1. The molecule has 138 valence electrons. The van der Waals surface area contributed by atoms with Crippen molar-refractivity contribution in [2.45, 2.75) is 6.42 Å². The van der Waals surface area contributed by atoms with Crippen molar-refractivity contribution < 1.29 is 9.59 Å². The van der Waals surface area contributed by atoms with Crippen LogP contribution in [-0.4, -0.2) is 23.2 Å². The Morgan fingerprint density at radius 3 is 2.36 bits per heavy atom. The molecule has 0 saturated heterocycles. The Labute approximate surface area is 161 Å². The van der Waals surface area contributed by atoms with Gasteiger partial charge in [-0.2, -0.15) is 0 Å². The van der Waals surface area contributed by atoms with Gasteiger partial charge >= 0.3 is 0 Å². The van der Waals surface area contributed by atoms with Crippen LogP contribution in [0.4, 0.5) is 0 Å². The summed E-state index contributed by atoms with van der Waals surface area (Å²) >= 11 is 0. The number of carbonyl (C=O) groups is 2. The van der Waals surface area contributed by atoms with E-state index in [1.165, 1.54) is 0 Å². The van der Waals surface area contributed by atoms with Crippen molar-refractivity contribution in [3.05, 3.63) is 94.1 Å². The van der Waals surface area contributed by atoms with Crippen molar-refractivity contribution in [3.63, 3.8) is 0 Å². The van der Waals surface area contributed by atoms with Gasteiger partial charge in [0.05, 0.1) is 11.1 Å². The van der Waals surface area contributed by atoms with E-state index < -0.39 is 0 Å². The Morgan fingerprint density at radius 1 is 0.821 bits per heavy atom. The first-order valence-electron chi connectivity index (χ1n) is 9.05. The average molecular weight is 370 g/mol. The third-order valence-electron chi connectivity index (χ3n) is 4.72. The molecule has 4 rings (SSSR count). The summed E-state index contributed by atoms with van der Waals surface area (Å²) in [5, 5.41) is 3.83. The minimum atomic E-state index is -0.322. The van der Waals surface area contributed by atoms with Gasteiger partial charge in [-0.1, -0.05) is 48.5 Å². The van der Waals surface area contributed by atoms with Crippen LogP contribution < -0.4 is 10.7 Å². The van der Waals surface area contributed by atoms with E-state index in [1.807, 2.05) is 36.4 Å². The number of fused-ring (bicyclic) bond motifs is 2. The zero-order valence-corrected chi connectivity index (χ0v) is 15.1. The molecule has 0 aliphatic carbocycles. The number of pyridine rings is 1. The van der Waals surface area contributed by atoms with E-state index in [2.05, 4.69) is 10.3 Å². The summed E-state index contributed by atoms with van der Waals surface area (Å²) in [6, 6.07) is 21.3. The third kappa shape index (κ3) is 3.30. The Hall–Kier alpha value is -3.73. The number of nitrogens with one attached hydrogen (secondary N) is 2. The van der Waals surface area contributed by atoms with Gasteiger partial charge in [-0.25, -0.2) is 0 Å². The molecule has 0 fully saturated rings. The SMILES string of the molecule is O=C(CCNC(=O)c1cccc2c(=O)c3ccccc3[nH]c12)c1ccccc1. The van der Waals surface area contributed by atoms with E-state index in [9.17, 15) is 14.4 Å². The number of carbonyl (C=O) groups excluding carboxylic acids is 2. The van der Waals surface area contributed by atoms with Crippen LogP contribution in [0.2, 0.25) is 0 Å². The molecule has 0 bridgehead atoms. The summed E-state index contributed by atoms with van der Waals surface area (Å²) < 4.78 is 0. The smallest absolute Gasteiger partial charge is 0.253 e. The molecular weight excluding hydrogens is 352 g/mol. The number of Topliss-reactive ketones (excluding diaryl/α,β-unsaturated/α-hetero) is 1. The van der Waals surface area contributed by atoms with Crippen molar-refractivity contribution in [1.82, 2.24) is 10.3 Å². The van der Waals surface area contributed by atoms with Gasteiger partial charge in [0, 0.05) is 34.8 Å². The standard InChI is InChI=1S/C23H18N2O3/c26-20(15-7-2-1-3-8-15)13-14-24-23(28)18-11-6-10-17-21(18)25-19-12-5-4-9-16(19)22(17)27/h1-12H,13-14H2,(H,24,28)(H,25,27). The molecule has 2 N–H and O–H groups in total. The van der Waals surface area contributed by atoms with E-state index in [-0.39, 0.29) is 30.1 Å². The zero-order chi connectivity index (χ0) is 19.5. The molecule has 0 aliphatic heterocycles. The van der Waals surface area contributed by atoms with Gasteiger partial charge in [-0.05, 0) is 24.3 Å². The molecule has 4 aromatic rings. The second-order valence-corrected chi connectivity index (χ2v) is 6.52. The fourth-order valence-electron chi connectivity index (χ4n) is 3.29. The minimum Gasteiger partial charge on any atom is -0.354 e. The molecule has 1 heterocycles. The third-order valence-corrected chi connectivity index (χ3v) is 4.72. The molecule has 0 spiro atoms. The summed E-state index contributed by atoms with van der Waals surface area (Å²) in [6.45, 7) is 0.223. The first-order valence-corrected chi connectivity index (χ1v) is 9.05. The largest absolute Gasteiger partial charge is 0.354 e. The number of ketones is 1. The van der Waals surface area contributed by atoms with Gasteiger partial charge in [-0.15, -0.1) is 0 Å². The number of rotatable bonds is 5. The highest BCUT2D eigenvalue weighted by Crippen LogP contribution is 2.18. The second-order valence-electron chi connectivity index (χ2n) is 6.52. The van der Waals surface area contributed by atoms with Crippen molar-refractivity contribution >= 4 is 33.5 Å². The lowest BCUT2D eigenvalue weighted by Crippen LogP contribution is -2.26. The number of benzene rings is 3. The van der Waals surface area contributed by atoms with Gasteiger partial charge in [0.1, 0.15) is 0 Å². The molecule has 0 radical (unpaired) electrons. The van der Waals surface area contributed by atoms with Crippen molar-refractivity contribution in [2.24, 2.45) is 0 Å². The molecule has 0 saturated carbocycles. The molecule has 3 aromatic carbocycles. The number of amides is 1. The van der Waals surface area contributed by atoms with E-state index in [0.29, 0.717) is 32.9 Å². The van der Waals surface area contributed by atoms with Crippen LogP contribution >= 0.6 is 0 Å². The van der Waals surface area contributed by atoms with Gasteiger partial charge < -0.3 is 10.3 Å². The van der Waals surface area contributed by atoms with Crippen molar-refractivity contribution in [3.8, 4) is 0 Å². The quantitative estimate of drug-likeness (QED) is 0.415. The highest BCUT2D eigenvalue weighted by atomic mass is 16.2. The van der Waals surface area contributed by atoms with E-state index in [4.69, 9.17) is 0 Å². The van der Waals surface area contributed by atoms with Gasteiger partial charge in [0.15, 0.2) is 11.2 Å². The predicted octanol–water partition coefficient (Wildman–Crippen LogP) is 3.68. The van der Waals surface area contributed by atoms with E-state index in [1.54, 1.807) is 36.4 Å². The zero-order valence-electron chi connectivity index (χ0n) is 15.1. The molecule has 28 heavy (non-hydrogen) atoms. The summed E-state index contributed by atoms with van der Waals surface area (Å²) in [5.74, 6) is -0.351. The summed E-state index contributed by atoms with van der Waals surface area (Å²) in [4.78, 5) is 40.8. The van der Waals surface area contributed by atoms with Crippen LogP contribution in [0.25, 0.3) is 21.8 Å². The maximum Gasteiger partial charge on any atom is 0.253 e. The second kappa shape index (κ2) is 7.48. The number of hydrogen-bond donors (Lipinski definition) is 2. The van der Waals surface area contributed by atoms with Crippen molar-refractivity contribution in [1.29, 1.82) is 0 Å². The first kappa shape index (κ1) is 17.7. The lowest BCUT2D eigenvalue weighted by molar-refractivity contribution is 0.0941. The topological polar surface area (TPSA) is 79.0 Å².